The van der Waals surface area contributed by atoms with Crippen LogP contribution in [0.5, 0.6) is 0 Å². The zero-order valence-electron chi connectivity index (χ0n) is 6.39. The molecule has 0 aromatic heterocycles. The first-order valence-electron chi connectivity index (χ1n) is 3.28. The summed E-state index contributed by atoms with van der Waals surface area (Å²) in [5.74, 6) is -0.108. The van der Waals surface area contributed by atoms with Gasteiger partial charge >= 0.3 is 0 Å². The van der Waals surface area contributed by atoms with Crippen LogP contribution in [0.25, 0.3) is 0 Å². The van der Waals surface area contributed by atoms with Crippen molar-refractivity contribution >= 4 is 5.91 Å². The van der Waals surface area contributed by atoms with E-state index in [1.165, 1.54) is 19.4 Å². The van der Waals surface area contributed by atoms with Crippen molar-refractivity contribution in [3.63, 3.8) is 0 Å². The summed E-state index contributed by atoms with van der Waals surface area (Å²) in [6, 6.07) is 0. The molecular formula is C7H13NO2. The number of hydrogen-bond acceptors (Lipinski definition) is 2. The average Bonchev–Trinajstić information content (AvgIpc) is 1.97. The minimum Gasteiger partial charge on any atom is -0.504 e. The molecule has 0 aliphatic heterocycles. The van der Waals surface area contributed by atoms with E-state index < -0.39 is 0 Å². The molecular weight excluding hydrogens is 130 g/mol. The Hall–Kier alpha value is -0.990. The molecule has 10 heavy (non-hydrogen) atoms. The number of nitrogens with one attached hydrogen (secondary N) is 1. The lowest BCUT2D eigenvalue weighted by Crippen LogP contribution is -2.21. The van der Waals surface area contributed by atoms with E-state index in [0.29, 0.717) is 6.54 Å². The second-order valence-electron chi connectivity index (χ2n) is 1.83. The summed E-state index contributed by atoms with van der Waals surface area (Å²) in [6.07, 6.45) is 3.66. The molecule has 0 saturated carbocycles. The summed E-state index contributed by atoms with van der Waals surface area (Å²) in [7, 11) is 1.50. The fourth-order valence-corrected chi connectivity index (χ4v) is 0.437. The van der Waals surface area contributed by atoms with E-state index in [1.54, 1.807) is 0 Å². The van der Waals surface area contributed by atoms with Gasteiger partial charge in [-0.05, 0) is 6.42 Å². The van der Waals surface area contributed by atoms with E-state index in [1.807, 2.05) is 6.92 Å². The van der Waals surface area contributed by atoms with Crippen LogP contribution in [0.15, 0.2) is 12.3 Å². The van der Waals surface area contributed by atoms with Crippen LogP contribution in [-0.2, 0) is 9.53 Å². The number of methoxy groups -OCH3 is 1. The van der Waals surface area contributed by atoms with Gasteiger partial charge in [0.15, 0.2) is 0 Å². The van der Waals surface area contributed by atoms with Crippen LogP contribution >= 0.6 is 0 Å². The van der Waals surface area contributed by atoms with E-state index in [0.717, 1.165) is 6.42 Å². The third-order valence-electron chi connectivity index (χ3n) is 0.905. The van der Waals surface area contributed by atoms with Gasteiger partial charge in [0.1, 0.15) is 0 Å². The van der Waals surface area contributed by atoms with Gasteiger partial charge in [0, 0.05) is 12.6 Å². The first-order chi connectivity index (χ1) is 4.81. The summed E-state index contributed by atoms with van der Waals surface area (Å²) in [6.45, 7) is 2.72. The Morgan fingerprint density at radius 3 is 2.90 bits per heavy atom. The Labute approximate surface area is 61.1 Å². The second kappa shape index (κ2) is 6.13. The largest absolute Gasteiger partial charge is 0.504 e. The van der Waals surface area contributed by atoms with E-state index in [-0.39, 0.29) is 5.91 Å². The number of hydrogen-bond donors (Lipinski definition) is 1. The molecule has 1 N–H and O–H groups in total. The average molecular weight is 143 g/mol. The summed E-state index contributed by atoms with van der Waals surface area (Å²) in [5.41, 5.74) is 0. The van der Waals surface area contributed by atoms with Gasteiger partial charge in [0.25, 0.3) is 0 Å². The van der Waals surface area contributed by atoms with Crippen molar-refractivity contribution in [1.29, 1.82) is 0 Å². The highest BCUT2D eigenvalue weighted by Gasteiger charge is 1.89. The minimum atomic E-state index is -0.108. The van der Waals surface area contributed by atoms with E-state index in [9.17, 15) is 4.79 Å². The first-order valence-corrected chi connectivity index (χ1v) is 3.28. The molecule has 0 radical (unpaired) electrons. The zero-order valence-corrected chi connectivity index (χ0v) is 6.39. The summed E-state index contributed by atoms with van der Waals surface area (Å²) in [4.78, 5) is 10.7. The van der Waals surface area contributed by atoms with Crippen LogP contribution in [0.3, 0.4) is 0 Å². The Bertz CT molecular complexity index is 121. The van der Waals surface area contributed by atoms with Crippen molar-refractivity contribution in [2.75, 3.05) is 13.7 Å². The number of amides is 1. The normalized spacial score (nSPS) is 9.80. The fourth-order valence-electron chi connectivity index (χ4n) is 0.437. The monoisotopic (exact) mass is 143 g/mol. The van der Waals surface area contributed by atoms with Crippen LogP contribution < -0.4 is 5.32 Å². The summed E-state index contributed by atoms with van der Waals surface area (Å²) < 4.78 is 4.55. The Kier molecular flexibility index (Phi) is 5.53. The van der Waals surface area contributed by atoms with Crippen LogP contribution in [0.2, 0.25) is 0 Å². The molecule has 0 aliphatic rings. The molecule has 0 saturated heterocycles. The van der Waals surface area contributed by atoms with Crippen molar-refractivity contribution in [3.05, 3.63) is 12.3 Å². The Balaban J connectivity index is 3.34. The van der Waals surface area contributed by atoms with Crippen LogP contribution in [-0.4, -0.2) is 19.6 Å². The highest BCUT2D eigenvalue weighted by Crippen LogP contribution is 1.75. The van der Waals surface area contributed by atoms with Crippen molar-refractivity contribution in [2.45, 2.75) is 13.3 Å². The lowest BCUT2D eigenvalue weighted by molar-refractivity contribution is -0.116. The molecule has 0 bridgehead atoms. The van der Waals surface area contributed by atoms with E-state index in [4.69, 9.17) is 0 Å². The highest BCUT2D eigenvalue weighted by atomic mass is 16.5. The van der Waals surface area contributed by atoms with Gasteiger partial charge < -0.3 is 10.1 Å². The molecule has 58 valence electrons. The standard InChI is InChI=1S/C7H13NO2/c1-3-5-8-7(9)4-6-10-2/h4,6H,3,5H2,1-2H3,(H,8,9). The molecule has 0 aromatic carbocycles. The van der Waals surface area contributed by atoms with Gasteiger partial charge in [-0.3, -0.25) is 4.79 Å². The third kappa shape index (κ3) is 5.15. The molecule has 0 aromatic rings. The van der Waals surface area contributed by atoms with Crippen molar-refractivity contribution in [1.82, 2.24) is 5.32 Å². The molecule has 0 atom stereocenters. The van der Waals surface area contributed by atoms with Gasteiger partial charge in [-0.2, -0.15) is 0 Å². The minimum absolute atomic E-state index is 0.108. The Morgan fingerprint density at radius 1 is 1.70 bits per heavy atom. The van der Waals surface area contributed by atoms with Gasteiger partial charge in [-0.25, -0.2) is 0 Å². The number of carbonyl (C=O) groups is 1. The first kappa shape index (κ1) is 9.01. The zero-order chi connectivity index (χ0) is 7.82. The number of carbonyl (C=O) groups excluding carboxylic acids is 1. The summed E-state index contributed by atoms with van der Waals surface area (Å²) in [5, 5.41) is 2.66. The van der Waals surface area contributed by atoms with Crippen molar-refractivity contribution < 1.29 is 9.53 Å². The van der Waals surface area contributed by atoms with Gasteiger partial charge in [-0.15, -0.1) is 0 Å². The molecule has 0 rings (SSSR count). The van der Waals surface area contributed by atoms with Crippen molar-refractivity contribution in [3.8, 4) is 0 Å². The van der Waals surface area contributed by atoms with Crippen LogP contribution in [0.1, 0.15) is 13.3 Å². The highest BCUT2D eigenvalue weighted by molar-refractivity contribution is 5.87. The molecule has 0 fully saturated rings. The molecule has 0 spiro atoms. The SMILES string of the molecule is CCCNC(=O)C=COC. The maximum atomic E-state index is 10.7. The molecule has 0 heterocycles. The molecule has 0 unspecified atom stereocenters. The fraction of sp³-hybridized carbons (Fsp3) is 0.571. The smallest absolute Gasteiger partial charge is 0.247 e. The molecule has 0 aliphatic carbocycles. The topological polar surface area (TPSA) is 38.3 Å². The quantitative estimate of drug-likeness (QED) is 0.464. The van der Waals surface area contributed by atoms with Gasteiger partial charge in [0.05, 0.1) is 13.4 Å². The molecule has 1 amide bonds. The third-order valence-corrected chi connectivity index (χ3v) is 0.905. The van der Waals surface area contributed by atoms with Crippen LogP contribution in [0.4, 0.5) is 0 Å². The maximum Gasteiger partial charge on any atom is 0.247 e. The predicted octanol–water partition coefficient (Wildman–Crippen LogP) is 0.673. The number of rotatable bonds is 4. The van der Waals surface area contributed by atoms with E-state index in [2.05, 4.69) is 10.1 Å². The van der Waals surface area contributed by atoms with Gasteiger partial charge in [-0.1, -0.05) is 6.92 Å². The second-order valence-corrected chi connectivity index (χ2v) is 1.83. The lowest BCUT2D eigenvalue weighted by atomic mass is 10.4. The Morgan fingerprint density at radius 2 is 2.40 bits per heavy atom. The number of ether oxygens (including phenoxy) is 1. The van der Waals surface area contributed by atoms with E-state index >= 15 is 0 Å². The van der Waals surface area contributed by atoms with Crippen LogP contribution in [0, 0.1) is 0 Å². The lowest BCUT2D eigenvalue weighted by Gasteiger charge is -1.96. The maximum absolute atomic E-state index is 10.7. The van der Waals surface area contributed by atoms with Crippen molar-refractivity contribution in [2.24, 2.45) is 0 Å². The molecule has 3 heteroatoms. The summed E-state index contributed by atoms with van der Waals surface area (Å²) >= 11 is 0. The predicted molar refractivity (Wildman–Crippen MR) is 39.4 cm³/mol. The van der Waals surface area contributed by atoms with Gasteiger partial charge in [0.2, 0.25) is 5.91 Å². The molecule has 3 nitrogen and oxygen atoms in total.